The van der Waals surface area contributed by atoms with Crippen molar-refractivity contribution in [1.82, 2.24) is 34.8 Å². The molecule has 3 N–H and O–H groups in total. The minimum Gasteiger partial charge on any atom is -0.383 e. The highest BCUT2D eigenvalue weighted by atomic mass is 16.3. The Labute approximate surface area is 202 Å². The molecule has 0 aliphatic carbocycles. The van der Waals surface area contributed by atoms with Crippen LogP contribution in [0.5, 0.6) is 0 Å². The maximum Gasteiger partial charge on any atom is 0.221 e. The minimum atomic E-state index is -0.909. The SMILES string of the molecule is CN1CCC(O)(c2cccc(Cn3cc(-c4cc(-c5cccc(C#N)c5)nc(N)n4)nn3)n2)CC1. The van der Waals surface area contributed by atoms with Crippen molar-refractivity contribution >= 4 is 5.95 Å². The van der Waals surface area contributed by atoms with Crippen LogP contribution in [-0.2, 0) is 12.1 Å². The third-order valence-corrected chi connectivity index (χ3v) is 6.25. The number of rotatable bonds is 5. The summed E-state index contributed by atoms with van der Waals surface area (Å²) < 4.78 is 1.68. The van der Waals surface area contributed by atoms with Gasteiger partial charge in [-0.1, -0.05) is 23.4 Å². The summed E-state index contributed by atoms with van der Waals surface area (Å²) in [5.74, 6) is 0.107. The number of nitrogens with zero attached hydrogens (tertiary/aromatic N) is 8. The molecule has 4 aromatic rings. The second kappa shape index (κ2) is 9.21. The van der Waals surface area contributed by atoms with Crippen molar-refractivity contribution in [2.45, 2.75) is 25.0 Å². The first-order chi connectivity index (χ1) is 16.9. The van der Waals surface area contributed by atoms with Crippen molar-refractivity contribution in [3.63, 3.8) is 0 Å². The molecule has 0 radical (unpaired) electrons. The fraction of sp³-hybridized carbons (Fsp3) is 0.280. The van der Waals surface area contributed by atoms with Gasteiger partial charge in [-0.05, 0) is 50.2 Å². The highest BCUT2D eigenvalue weighted by Gasteiger charge is 2.34. The molecule has 0 unspecified atom stereocenters. The van der Waals surface area contributed by atoms with Crippen molar-refractivity contribution in [2.75, 3.05) is 25.9 Å². The fourth-order valence-corrected chi connectivity index (χ4v) is 4.22. The molecule has 1 fully saturated rings. The number of nitrogen functional groups attached to an aromatic ring is 1. The van der Waals surface area contributed by atoms with Crippen LogP contribution in [0.3, 0.4) is 0 Å². The van der Waals surface area contributed by atoms with Gasteiger partial charge in [0.15, 0.2) is 0 Å². The van der Waals surface area contributed by atoms with Gasteiger partial charge in [-0.2, -0.15) is 5.26 Å². The molecule has 4 heterocycles. The Hall–Kier alpha value is -4.20. The lowest BCUT2D eigenvalue weighted by Crippen LogP contribution is -2.41. The van der Waals surface area contributed by atoms with E-state index in [0.717, 1.165) is 24.3 Å². The third kappa shape index (κ3) is 4.87. The summed E-state index contributed by atoms with van der Waals surface area (Å²) in [7, 11) is 2.06. The largest absolute Gasteiger partial charge is 0.383 e. The summed E-state index contributed by atoms with van der Waals surface area (Å²) >= 11 is 0. The van der Waals surface area contributed by atoms with Gasteiger partial charge in [-0.25, -0.2) is 14.6 Å². The quantitative estimate of drug-likeness (QED) is 0.451. The normalized spacial score (nSPS) is 15.6. The lowest BCUT2D eigenvalue weighted by atomic mass is 9.88. The Morgan fingerprint density at radius 3 is 2.60 bits per heavy atom. The highest BCUT2D eigenvalue weighted by Crippen LogP contribution is 2.31. The minimum absolute atomic E-state index is 0.107. The molecule has 0 saturated carbocycles. The van der Waals surface area contributed by atoms with Crippen LogP contribution in [0.1, 0.15) is 29.8 Å². The molecule has 1 saturated heterocycles. The van der Waals surface area contributed by atoms with Crippen LogP contribution in [-0.4, -0.2) is 60.1 Å². The van der Waals surface area contributed by atoms with Crippen molar-refractivity contribution in [3.8, 4) is 28.7 Å². The highest BCUT2D eigenvalue weighted by molar-refractivity contribution is 5.68. The van der Waals surface area contributed by atoms with E-state index in [2.05, 4.69) is 38.3 Å². The molecule has 10 heteroatoms. The average molecular weight is 468 g/mol. The van der Waals surface area contributed by atoms with Gasteiger partial charge in [-0.3, -0.25) is 4.98 Å². The summed E-state index contributed by atoms with van der Waals surface area (Å²) in [6, 6.07) is 16.7. The van der Waals surface area contributed by atoms with Crippen LogP contribution in [0, 0.1) is 11.3 Å². The standard InChI is InChI=1S/C25H25N9O/c1-33-10-8-25(35,9-11-33)23-7-3-6-19(28-23)15-34-16-22(31-32-34)21-13-20(29-24(27)30-21)18-5-2-4-17(12-18)14-26/h2-7,12-13,16,35H,8-11,15H2,1H3,(H2,27,29,30). The molecule has 0 atom stereocenters. The molecule has 35 heavy (non-hydrogen) atoms. The molecule has 1 aromatic carbocycles. The maximum absolute atomic E-state index is 11.1. The van der Waals surface area contributed by atoms with Gasteiger partial charge in [0.1, 0.15) is 11.3 Å². The molecule has 0 amide bonds. The van der Waals surface area contributed by atoms with E-state index in [9.17, 15) is 10.4 Å². The lowest BCUT2D eigenvalue weighted by molar-refractivity contribution is -0.0240. The van der Waals surface area contributed by atoms with Crippen LogP contribution in [0.25, 0.3) is 22.6 Å². The molecule has 5 rings (SSSR count). The molecule has 0 bridgehead atoms. The number of pyridine rings is 1. The number of nitriles is 1. The molecule has 176 valence electrons. The zero-order valence-electron chi connectivity index (χ0n) is 19.3. The lowest BCUT2D eigenvalue weighted by Gasteiger charge is -2.36. The number of hydrogen-bond donors (Lipinski definition) is 2. The second-order valence-electron chi connectivity index (χ2n) is 8.84. The number of benzene rings is 1. The van der Waals surface area contributed by atoms with Crippen molar-refractivity contribution in [2.24, 2.45) is 0 Å². The van der Waals surface area contributed by atoms with Gasteiger partial charge in [0, 0.05) is 18.7 Å². The number of hydrogen-bond acceptors (Lipinski definition) is 9. The first-order valence-corrected chi connectivity index (χ1v) is 11.3. The van der Waals surface area contributed by atoms with Gasteiger partial charge >= 0.3 is 0 Å². The Bertz CT molecular complexity index is 1400. The summed E-state index contributed by atoms with van der Waals surface area (Å²) in [4.78, 5) is 15.6. The molecule has 1 aliphatic heterocycles. The number of likely N-dealkylation sites (tertiary alicyclic amines) is 1. The smallest absolute Gasteiger partial charge is 0.221 e. The zero-order valence-corrected chi connectivity index (χ0v) is 19.3. The Morgan fingerprint density at radius 1 is 1.03 bits per heavy atom. The van der Waals surface area contributed by atoms with Crippen molar-refractivity contribution in [1.29, 1.82) is 5.26 Å². The summed E-state index contributed by atoms with van der Waals surface area (Å²) in [6.07, 6.45) is 3.08. The third-order valence-electron chi connectivity index (χ3n) is 6.25. The van der Waals surface area contributed by atoms with Gasteiger partial charge in [0.05, 0.1) is 47.1 Å². The predicted octanol–water partition coefficient (Wildman–Crippen LogP) is 2.21. The van der Waals surface area contributed by atoms with Crippen LogP contribution in [0.4, 0.5) is 5.95 Å². The molecule has 0 spiro atoms. The van der Waals surface area contributed by atoms with Gasteiger partial charge in [0.25, 0.3) is 0 Å². The summed E-state index contributed by atoms with van der Waals surface area (Å²) in [5.41, 5.74) is 9.50. The Balaban J connectivity index is 1.38. The topological polar surface area (TPSA) is 143 Å². The number of aliphatic hydroxyl groups is 1. The Morgan fingerprint density at radius 2 is 1.80 bits per heavy atom. The number of anilines is 1. The van der Waals surface area contributed by atoms with E-state index >= 15 is 0 Å². The van der Waals surface area contributed by atoms with E-state index in [0.29, 0.717) is 47.7 Å². The van der Waals surface area contributed by atoms with E-state index in [-0.39, 0.29) is 5.95 Å². The van der Waals surface area contributed by atoms with E-state index in [4.69, 9.17) is 10.7 Å². The van der Waals surface area contributed by atoms with Gasteiger partial charge < -0.3 is 15.7 Å². The van der Waals surface area contributed by atoms with Gasteiger partial charge in [-0.15, -0.1) is 5.10 Å². The summed E-state index contributed by atoms with van der Waals surface area (Å²) in [5, 5.41) is 28.8. The van der Waals surface area contributed by atoms with E-state index in [1.807, 2.05) is 24.3 Å². The predicted molar refractivity (Wildman–Crippen MR) is 130 cm³/mol. The number of aromatic nitrogens is 6. The van der Waals surface area contributed by atoms with Crippen molar-refractivity contribution < 1.29 is 5.11 Å². The number of nitrogens with two attached hydrogens (primary N) is 1. The maximum atomic E-state index is 11.1. The van der Waals surface area contributed by atoms with Gasteiger partial charge in [0.2, 0.25) is 5.95 Å². The van der Waals surface area contributed by atoms with Crippen molar-refractivity contribution in [3.05, 3.63) is 71.7 Å². The van der Waals surface area contributed by atoms with E-state index in [1.165, 1.54) is 0 Å². The van der Waals surface area contributed by atoms with E-state index in [1.54, 1.807) is 35.1 Å². The molecular formula is C25H25N9O. The zero-order chi connectivity index (χ0) is 24.4. The molecular weight excluding hydrogens is 442 g/mol. The summed E-state index contributed by atoms with van der Waals surface area (Å²) in [6.45, 7) is 2.06. The fourth-order valence-electron chi connectivity index (χ4n) is 4.22. The molecule has 10 nitrogen and oxygen atoms in total. The van der Waals surface area contributed by atoms with Crippen LogP contribution in [0.2, 0.25) is 0 Å². The van der Waals surface area contributed by atoms with Crippen LogP contribution >= 0.6 is 0 Å². The molecule has 3 aromatic heterocycles. The average Bonchev–Trinajstić information content (AvgIpc) is 3.34. The first-order valence-electron chi connectivity index (χ1n) is 11.3. The van der Waals surface area contributed by atoms with E-state index < -0.39 is 5.60 Å². The monoisotopic (exact) mass is 467 g/mol. The number of piperidine rings is 1. The first kappa shape index (κ1) is 22.6. The van der Waals surface area contributed by atoms with Crippen LogP contribution in [0.15, 0.2) is 54.7 Å². The molecule has 1 aliphatic rings. The van der Waals surface area contributed by atoms with Crippen LogP contribution < -0.4 is 5.73 Å². The Kier molecular flexibility index (Phi) is 5.94. The second-order valence-corrected chi connectivity index (χ2v) is 8.84.